The molecular weight excluding hydrogens is 629 g/mol. The number of aliphatic carboxylic acids is 1. The predicted octanol–water partition coefficient (Wildman–Crippen LogP) is 6.62. The Bertz CT molecular complexity index is 1970. The fraction of sp³-hybridized carbons (Fsp3) is 0.297. The van der Waals surface area contributed by atoms with Gasteiger partial charge in [-0.05, 0) is 67.6 Å². The zero-order valence-electron chi connectivity index (χ0n) is 27.5. The van der Waals surface area contributed by atoms with Gasteiger partial charge in [-0.1, -0.05) is 24.3 Å². The number of hydrogen-bond donors (Lipinski definition) is 3. The van der Waals surface area contributed by atoms with Crippen LogP contribution in [-0.4, -0.2) is 53.1 Å². The Morgan fingerprint density at radius 2 is 1.65 bits per heavy atom. The van der Waals surface area contributed by atoms with E-state index in [1.54, 1.807) is 20.4 Å². The van der Waals surface area contributed by atoms with Crippen LogP contribution in [0.4, 0.5) is 10.2 Å². The largest absolute Gasteiger partial charge is 0.497 e. The summed E-state index contributed by atoms with van der Waals surface area (Å²) in [6.45, 7) is 0.654. The number of fused-ring (bicyclic) bond motifs is 1. The Hall–Kier alpha value is -5.65. The predicted molar refractivity (Wildman–Crippen MR) is 183 cm³/mol. The minimum Gasteiger partial charge on any atom is -0.497 e. The number of carboxylic acid groups (broad SMARTS) is 1. The molecule has 0 radical (unpaired) electrons. The second-order valence-corrected chi connectivity index (χ2v) is 11.9. The summed E-state index contributed by atoms with van der Waals surface area (Å²) < 4.78 is 32.0. The van der Waals surface area contributed by atoms with Gasteiger partial charge < -0.3 is 30.0 Å². The number of amides is 1. The Kier molecular flexibility index (Phi) is 9.93. The number of pyridine rings is 1. The summed E-state index contributed by atoms with van der Waals surface area (Å²) in [5.74, 6) is 0.253. The molecule has 0 spiro atoms. The topological polar surface area (TPSA) is 137 Å². The molecular formula is C37H38FN5O6. The second kappa shape index (κ2) is 14.6. The van der Waals surface area contributed by atoms with Crippen LogP contribution in [0.5, 0.6) is 17.2 Å². The fourth-order valence-corrected chi connectivity index (χ4v) is 6.36. The molecule has 12 heteroatoms. The van der Waals surface area contributed by atoms with Gasteiger partial charge in [-0.25, -0.2) is 9.37 Å². The number of hydrogen-bond acceptors (Lipinski definition) is 8. The van der Waals surface area contributed by atoms with Gasteiger partial charge in [0.2, 0.25) is 0 Å². The number of carbonyl (C=O) groups excluding carboxylic acids is 1. The number of carboxylic acids is 1. The molecule has 0 atom stereocenters. The maximum absolute atomic E-state index is 13.8. The molecule has 0 unspecified atom stereocenters. The van der Waals surface area contributed by atoms with Crippen LogP contribution in [0, 0.1) is 11.7 Å². The van der Waals surface area contributed by atoms with Crippen molar-refractivity contribution in [3.8, 4) is 28.5 Å². The molecule has 1 aliphatic carbocycles. The first-order valence-corrected chi connectivity index (χ1v) is 16.1. The third kappa shape index (κ3) is 7.13. The highest BCUT2D eigenvalue weighted by molar-refractivity contribution is 6.01. The van der Waals surface area contributed by atoms with Crippen LogP contribution >= 0.6 is 0 Å². The van der Waals surface area contributed by atoms with Crippen LogP contribution in [-0.2, 0) is 17.9 Å². The van der Waals surface area contributed by atoms with Crippen LogP contribution in [0.3, 0.4) is 0 Å². The fourth-order valence-electron chi connectivity index (χ4n) is 6.36. The smallest absolute Gasteiger partial charge is 0.306 e. The quantitative estimate of drug-likeness (QED) is 0.134. The van der Waals surface area contributed by atoms with Gasteiger partial charge in [0.25, 0.3) is 5.91 Å². The van der Waals surface area contributed by atoms with Gasteiger partial charge in [0.1, 0.15) is 34.6 Å². The number of benzene rings is 3. The number of nitrogens with zero attached hydrogens (tertiary/aromatic N) is 3. The van der Waals surface area contributed by atoms with Crippen LogP contribution in [0.2, 0.25) is 0 Å². The van der Waals surface area contributed by atoms with Gasteiger partial charge in [-0.15, -0.1) is 0 Å². The van der Waals surface area contributed by atoms with Crippen molar-refractivity contribution in [2.45, 2.75) is 44.8 Å². The number of carbonyl (C=O) groups is 2. The first kappa shape index (κ1) is 33.3. The van der Waals surface area contributed by atoms with Crippen molar-refractivity contribution in [2.24, 2.45) is 5.92 Å². The van der Waals surface area contributed by atoms with Gasteiger partial charge in [-0.2, -0.15) is 5.10 Å². The van der Waals surface area contributed by atoms with E-state index in [0.717, 1.165) is 39.4 Å². The van der Waals surface area contributed by atoms with Gasteiger partial charge in [0.15, 0.2) is 0 Å². The lowest BCUT2D eigenvalue weighted by atomic mass is 9.86. The van der Waals surface area contributed by atoms with Crippen LogP contribution in [0.15, 0.2) is 72.9 Å². The maximum Gasteiger partial charge on any atom is 0.306 e. The van der Waals surface area contributed by atoms with Crippen LogP contribution < -0.4 is 24.8 Å². The number of methoxy groups -OCH3 is 3. The Morgan fingerprint density at radius 3 is 2.35 bits per heavy atom. The highest BCUT2D eigenvalue weighted by Gasteiger charge is 2.29. The van der Waals surface area contributed by atoms with Crippen molar-refractivity contribution >= 4 is 28.6 Å². The molecule has 2 heterocycles. The Labute approximate surface area is 283 Å². The molecule has 0 saturated heterocycles. The number of halogens is 1. The maximum atomic E-state index is 13.8. The first-order valence-electron chi connectivity index (χ1n) is 16.1. The highest BCUT2D eigenvalue weighted by Crippen LogP contribution is 2.39. The molecule has 1 aliphatic rings. The lowest BCUT2D eigenvalue weighted by Gasteiger charge is -2.26. The van der Waals surface area contributed by atoms with Crippen molar-refractivity contribution in [1.82, 2.24) is 20.1 Å². The molecule has 1 amide bonds. The molecule has 0 bridgehead atoms. The van der Waals surface area contributed by atoms with Gasteiger partial charge in [-0.3, -0.25) is 14.3 Å². The van der Waals surface area contributed by atoms with Crippen molar-refractivity contribution in [3.63, 3.8) is 0 Å². The van der Waals surface area contributed by atoms with E-state index < -0.39 is 17.7 Å². The van der Waals surface area contributed by atoms with E-state index in [9.17, 15) is 19.1 Å². The summed E-state index contributed by atoms with van der Waals surface area (Å²) in [6, 6.07) is 19.2. The molecule has 49 heavy (non-hydrogen) atoms. The Balaban J connectivity index is 1.30. The van der Waals surface area contributed by atoms with E-state index in [1.807, 2.05) is 53.2 Å². The summed E-state index contributed by atoms with van der Waals surface area (Å²) in [7, 11) is 4.66. The number of anilines is 1. The third-order valence-corrected chi connectivity index (χ3v) is 9.04. The zero-order chi connectivity index (χ0) is 34.5. The normalized spacial score (nSPS) is 15.8. The van der Waals surface area contributed by atoms with Gasteiger partial charge >= 0.3 is 5.97 Å². The molecule has 2 aromatic heterocycles. The van der Waals surface area contributed by atoms with E-state index in [2.05, 4.69) is 10.6 Å². The molecule has 3 aromatic carbocycles. The summed E-state index contributed by atoms with van der Waals surface area (Å²) in [5.41, 5.74) is 4.36. The van der Waals surface area contributed by atoms with Crippen LogP contribution in [0.25, 0.3) is 22.2 Å². The molecule has 1 fully saturated rings. The monoisotopic (exact) mass is 667 g/mol. The molecule has 0 aliphatic heterocycles. The van der Waals surface area contributed by atoms with E-state index in [1.165, 1.54) is 19.2 Å². The van der Waals surface area contributed by atoms with Crippen molar-refractivity contribution < 1.29 is 33.3 Å². The van der Waals surface area contributed by atoms with Crippen LogP contribution in [0.1, 0.15) is 53.2 Å². The standard InChI is InChI=1S/C37H38FN5O6/c1-47-28-14-10-25(32(19-28)49-3)21-40-35-33-30(16-17-39-35)43(27-12-8-24(9-13-27)37(45)46)42-34(33)23-6-4-22(5-7-23)20-41-36(44)29-18-26(38)11-15-31(29)48-2/h4-7,10-11,14-19,24,27H,8-9,12-13,20-21H2,1-3H3,(H,39,40)(H,41,44)(H,45,46). The zero-order valence-corrected chi connectivity index (χ0v) is 27.5. The summed E-state index contributed by atoms with van der Waals surface area (Å²) in [5, 5.41) is 21.9. The molecule has 5 aromatic rings. The van der Waals surface area contributed by atoms with Gasteiger partial charge in [0.05, 0.1) is 49.8 Å². The molecule has 1 saturated carbocycles. The van der Waals surface area contributed by atoms with E-state index >= 15 is 0 Å². The molecule has 3 N–H and O–H groups in total. The van der Waals surface area contributed by atoms with Crippen molar-refractivity contribution in [1.29, 1.82) is 0 Å². The van der Waals surface area contributed by atoms with Crippen molar-refractivity contribution in [2.75, 3.05) is 26.6 Å². The molecule has 6 rings (SSSR count). The van der Waals surface area contributed by atoms with E-state index in [4.69, 9.17) is 24.3 Å². The number of ether oxygens (including phenoxy) is 3. The third-order valence-electron chi connectivity index (χ3n) is 9.04. The van der Waals surface area contributed by atoms with E-state index in [-0.39, 0.29) is 29.8 Å². The lowest BCUT2D eigenvalue weighted by molar-refractivity contribution is -0.143. The number of aromatic nitrogens is 3. The average Bonchev–Trinajstić information content (AvgIpc) is 3.53. The van der Waals surface area contributed by atoms with Crippen molar-refractivity contribution in [3.05, 3.63) is 95.4 Å². The lowest BCUT2D eigenvalue weighted by Crippen LogP contribution is -2.23. The molecule has 254 valence electrons. The summed E-state index contributed by atoms with van der Waals surface area (Å²) >= 11 is 0. The summed E-state index contributed by atoms with van der Waals surface area (Å²) in [4.78, 5) is 29.2. The van der Waals surface area contributed by atoms with E-state index in [0.29, 0.717) is 49.5 Å². The first-order chi connectivity index (χ1) is 23.8. The number of rotatable bonds is 12. The van der Waals surface area contributed by atoms with Gasteiger partial charge in [0, 0.05) is 36.5 Å². The average molecular weight is 668 g/mol. The summed E-state index contributed by atoms with van der Waals surface area (Å²) in [6.07, 6.45) is 4.34. The Morgan fingerprint density at radius 1 is 0.898 bits per heavy atom. The molecule has 11 nitrogen and oxygen atoms in total. The second-order valence-electron chi connectivity index (χ2n) is 11.9. The highest BCUT2D eigenvalue weighted by atomic mass is 19.1. The minimum absolute atomic E-state index is 0.0399. The SMILES string of the molecule is COc1ccc(CNc2nccc3c2c(-c2ccc(CNC(=O)c4cc(F)ccc4OC)cc2)nn3C2CCC(C(=O)O)CC2)c(OC)c1. The number of nitrogens with one attached hydrogen (secondary N) is 2. The minimum atomic E-state index is -0.750.